The van der Waals surface area contributed by atoms with Crippen molar-refractivity contribution in [3.8, 4) is 0 Å². The van der Waals surface area contributed by atoms with Crippen LogP contribution >= 0.6 is 0 Å². The molecule has 0 aromatic heterocycles. The fourth-order valence-corrected chi connectivity index (χ4v) is 3.71. The molecule has 3 unspecified atom stereocenters. The molecule has 0 saturated carbocycles. The summed E-state index contributed by atoms with van der Waals surface area (Å²) in [6.45, 7) is 12.2. The average molecular weight is 253 g/mol. The number of likely N-dealkylation sites (tertiary alicyclic amines) is 1. The molecule has 0 bridgehead atoms. The molecule has 0 amide bonds. The van der Waals surface area contributed by atoms with Crippen LogP contribution in [0.2, 0.25) is 0 Å². The Bertz CT molecular complexity index is 275. The van der Waals surface area contributed by atoms with Gasteiger partial charge in [-0.05, 0) is 44.8 Å². The minimum absolute atomic E-state index is 0.456. The number of piperidine rings is 1. The second-order valence-corrected chi connectivity index (χ2v) is 7.33. The molecule has 3 atom stereocenters. The third kappa shape index (κ3) is 3.06. The highest BCUT2D eigenvalue weighted by Crippen LogP contribution is 2.31. The highest BCUT2D eigenvalue weighted by atomic mass is 15.3. The lowest BCUT2D eigenvalue weighted by Crippen LogP contribution is -2.52. The van der Waals surface area contributed by atoms with Crippen molar-refractivity contribution in [2.45, 2.75) is 45.7 Å². The lowest BCUT2D eigenvalue weighted by atomic mass is 9.77. The van der Waals surface area contributed by atoms with Crippen molar-refractivity contribution in [2.75, 3.05) is 40.3 Å². The van der Waals surface area contributed by atoms with Gasteiger partial charge in [0.25, 0.3) is 0 Å². The second kappa shape index (κ2) is 5.48. The Morgan fingerprint density at radius 1 is 1.28 bits per heavy atom. The Balaban J connectivity index is 1.90. The van der Waals surface area contributed by atoms with Crippen molar-refractivity contribution >= 4 is 0 Å². The Morgan fingerprint density at radius 3 is 2.56 bits per heavy atom. The molecule has 0 radical (unpaired) electrons. The van der Waals surface area contributed by atoms with Gasteiger partial charge in [0.05, 0.1) is 0 Å². The molecule has 0 aliphatic carbocycles. The first-order valence-corrected chi connectivity index (χ1v) is 7.52. The number of hydrogen-bond acceptors (Lipinski definition) is 3. The Hall–Kier alpha value is -0.120. The summed E-state index contributed by atoms with van der Waals surface area (Å²) in [6, 6.07) is 1.40. The van der Waals surface area contributed by atoms with Crippen molar-refractivity contribution in [1.29, 1.82) is 0 Å². The topological polar surface area (TPSA) is 18.5 Å². The van der Waals surface area contributed by atoms with Gasteiger partial charge in [-0.25, -0.2) is 0 Å². The van der Waals surface area contributed by atoms with Crippen LogP contribution in [0.3, 0.4) is 0 Å². The Labute approximate surface area is 113 Å². The number of nitrogens with zero attached hydrogens (tertiary/aromatic N) is 2. The smallest absolute Gasteiger partial charge is 0.0254 e. The van der Waals surface area contributed by atoms with Crippen LogP contribution in [0, 0.1) is 11.3 Å². The maximum Gasteiger partial charge on any atom is 0.0254 e. The minimum Gasteiger partial charge on any atom is -0.312 e. The highest BCUT2D eigenvalue weighted by molar-refractivity contribution is 4.94. The SMILES string of the molecule is CC1CN(CC2NCCCC2(C)C)CC1N(C)C. The van der Waals surface area contributed by atoms with E-state index in [1.165, 1.54) is 39.0 Å². The van der Waals surface area contributed by atoms with E-state index in [1.54, 1.807) is 0 Å². The van der Waals surface area contributed by atoms with E-state index in [4.69, 9.17) is 0 Å². The van der Waals surface area contributed by atoms with Gasteiger partial charge in [-0.1, -0.05) is 20.8 Å². The Morgan fingerprint density at radius 2 is 2.00 bits per heavy atom. The molecular weight excluding hydrogens is 222 g/mol. The van der Waals surface area contributed by atoms with Gasteiger partial charge in [-0.15, -0.1) is 0 Å². The van der Waals surface area contributed by atoms with Gasteiger partial charge in [0.15, 0.2) is 0 Å². The zero-order valence-corrected chi connectivity index (χ0v) is 12.9. The zero-order chi connectivity index (χ0) is 13.3. The van der Waals surface area contributed by atoms with Crippen LogP contribution in [0.4, 0.5) is 0 Å². The molecule has 2 heterocycles. The summed E-state index contributed by atoms with van der Waals surface area (Å²) in [5, 5.41) is 3.74. The first kappa shape index (κ1) is 14.3. The summed E-state index contributed by atoms with van der Waals surface area (Å²) >= 11 is 0. The molecule has 106 valence electrons. The summed E-state index contributed by atoms with van der Waals surface area (Å²) in [7, 11) is 4.43. The van der Waals surface area contributed by atoms with Crippen molar-refractivity contribution in [2.24, 2.45) is 11.3 Å². The van der Waals surface area contributed by atoms with Gasteiger partial charge in [0.2, 0.25) is 0 Å². The lowest BCUT2D eigenvalue weighted by molar-refractivity contribution is 0.134. The highest BCUT2D eigenvalue weighted by Gasteiger charge is 2.37. The van der Waals surface area contributed by atoms with E-state index in [-0.39, 0.29) is 0 Å². The quantitative estimate of drug-likeness (QED) is 0.825. The van der Waals surface area contributed by atoms with E-state index in [2.05, 4.69) is 50.0 Å². The molecule has 0 aromatic rings. The summed E-state index contributed by atoms with van der Waals surface area (Å²) in [5.41, 5.74) is 0.456. The van der Waals surface area contributed by atoms with Gasteiger partial charge in [-0.2, -0.15) is 0 Å². The molecule has 0 aromatic carbocycles. The largest absolute Gasteiger partial charge is 0.312 e. The van der Waals surface area contributed by atoms with E-state index >= 15 is 0 Å². The molecular formula is C15H31N3. The third-order valence-corrected chi connectivity index (χ3v) is 5.08. The number of rotatable bonds is 3. The van der Waals surface area contributed by atoms with Crippen molar-refractivity contribution < 1.29 is 0 Å². The first-order chi connectivity index (χ1) is 8.40. The van der Waals surface area contributed by atoms with Crippen molar-refractivity contribution in [3.63, 3.8) is 0 Å². The molecule has 0 spiro atoms. The normalized spacial score (nSPS) is 37.3. The van der Waals surface area contributed by atoms with Crippen molar-refractivity contribution in [3.05, 3.63) is 0 Å². The molecule has 3 heteroatoms. The van der Waals surface area contributed by atoms with E-state index in [0.29, 0.717) is 11.5 Å². The number of likely N-dealkylation sites (N-methyl/N-ethyl adjacent to an activating group) is 1. The molecule has 1 N–H and O–H groups in total. The molecule has 2 rings (SSSR count). The lowest BCUT2D eigenvalue weighted by Gasteiger charge is -2.41. The maximum absolute atomic E-state index is 3.74. The summed E-state index contributed by atoms with van der Waals surface area (Å²) in [6.07, 6.45) is 2.70. The molecule has 18 heavy (non-hydrogen) atoms. The van der Waals surface area contributed by atoms with Crippen LogP contribution in [0.5, 0.6) is 0 Å². The fraction of sp³-hybridized carbons (Fsp3) is 1.00. The van der Waals surface area contributed by atoms with E-state index in [0.717, 1.165) is 12.0 Å². The van der Waals surface area contributed by atoms with Crippen LogP contribution in [-0.4, -0.2) is 62.2 Å². The fourth-order valence-electron chi connectivity index (χ4n) is 3.71. The zero-order valence-electron chi connectivity index (χ0n) is 12.9. The van der Waals surface area contributed by atoms with Gasteiger partial charge >= 0.3 is 0 Å². The predicted octanol–water partition coefficient (Wildman–Crippen LogP) is 1.65. The predicted molar refractivity (Wildman–Crippen MR) is 77.9 cm³/mol. The van der Waals surface area contributed by atoms with Crippen LogP contribution in [0.1, 0.15) is 33.6 Å². The number of hydrogen-bond donors (Lipinski definition) is 1. The average Bonchev–Trinajstić information content (AvgIpc) is 2.63. The molecule has 2 fully saturated rings. The third-order valence-electron chi connectivity index (χ3n) is 5.08. The van der Waals surface area contributed by atoms with Crippen LogP contribution in [0.15, 0.2) is 0 Å². The second-order valence-electron chi connectivity index (χ2n) is 7.33. The van der Waals surface area contributed by atoms with E-state index < -0.39 is 0 Å². The summed E-state index contributed by atoms with van der Waals surface area (Å²) in [5.74, 6) is 0.798. The first-order valence-electron chi connectivity index (χ1n) is 7.52. The van der Waals surface area contributed by atoms with Gasteiger partial charge in [0, 0.05) is 31.7 Å². The molecule has 2 aliphatic rings. The van der Waals surface area contributed by atoms with Gasteiger partial charge < -0.3 is 10.2 Å². The monoisotopic (exact) mass is 253 g/mol. The molecule has 3 nitrogen and oxygen atoms in total. The minimum atomic E-state index is 0.456. The number of nitrogens with one attached hydrogen (secondary N) is 1. The van der Waals surface area contributed by atoms with E-state index in [9.17, 15) is 0 Å². The van der Waals surface area contributed by atoms with E-state index in [1.807, 2.05) is 0 Å². The van der Waals surface area contributed by atoms with Gasteiger partial charge in [-0.3, -0.25) is 4.90 Å². The van der Waals surface area contributed by atoms with Crippen LogP contribution < -0.4 is 5.32 Å². The van der Waals surface area contributed by atoms with Crippen LogP contribution in [-0.2, 0) is 0 Å². The molecule has 2 aliphatic heterocycles. The molecule has 2 saturated heterocycles. The van der Waals surface area contributed by atoms with Gasteiger partial charge in [0.1, 0.15) is 0 Å². The van der Waals surface area contributed by atoms with Crippen LogP contribution in [0.25, 0.3) is 0 Å². The standard InChI is InChI=1S/C15H31N3/c1-12-9-18(10-13(12)17(4)5)11-14-15(2,3)7-6-8-16-14/h12-14,16H,6-11H2,1-5H3. The Kier molecular flexibility index (Phi) is 4.35. The van der Waals surface area contributed by atoms with Crippen molar-refractivity contribution in [1.82, 2.24) is 15.1 Å². The summed E-state index contributed by atoms with van der Waals surface area (Å²) in [4.78, 5) is 5.06. The maximum atomic E-state index is 3.74. The summed E-state index contributed by atoms with van der Waals surface area (Å²) < 4.78 is 0.